The van der Waals surface area contributed by atoms with Crippen molar-refractivity contribution in [3.05, 3.63) is 23.9 Å². The van der Waals surface area contributed by atoms with Crippen LogP contribution in [0.4, 0.5) is 0 Å². The Morgan fingerprint density at radius 1 is 1.20 bits per heavy atom. The van der Waals surface area contributed by atoms with Gasteiger partial charge in [0, 0.05) is 18.0 Å². The van der Waals surface area contributed by atoms with E-state index >= 15 is 0 Å². The lowest BCUT2D eigenvalue weighted by Gasteiger charge is -2.31. The minimum Gasteiger partial charge on any atom is -0.374 e. The quantitative estimate of drug-likeness (QED) is 0.665. The summed E-state index contributed by atoms with van der Waals surface area (Å²) in [6, 6.07) is 0.584. The van der Waals surface area contributed by atoms with E-state index in [4.69, 9.17) is 0 Å². The Bertz CT molecular complexity index is 269. The highest BCUT2D eigenvalue weighted by atomic mass is 15.1. The number of nitrogens with zero attached hydrogens (tertiary/aromatic N) is 1. The summed E-state index contributed by atoms with van der Waals surface area (Å²) < 4.78 is 0. The second kappa shape index (κ2) is 4.42. The van der Waals surface area contributed by atoms with E-state index in [0.717, 1.165) is 6.54 Å². The molecular weight excluding hydrogens is 182 g/mol. The summed E-state index contributed by atoms with van der Waals surface area (Å²) in [5.41, 5.74) is 1.73. The molecule has 0 atom stereocenters. The van der Waals surface area contributed by atoms with Crippen molar-refractivity contribution >= 4 is 0 Å². The predicted molar refractivity (Wildman–Crippen MR) is 67.7 cm³/mol. The van der Waals surface area contributed by atoms with Crippen LogP contribution >= 0.6 is 0 Å². The zero-order chi connectivity index (χ0) is 11.6. The van der Waals surface area contributed by atoms with Crippen molar-refractivity contribution in [3.63, 3.8) is 0 Å². The molecule has 0 fully saturated rings. The molecule has 1 rings (SSSR count). The van der Waals surface area contributed by atoms with Gasteiger partial charge in [-0.15, -0.1) is 0 Å². The van der Waals surface area contributed by atoms with E-state index in [1.54, 1.807) is 0 Å². The zero-order valence-corrected chi connectivity index (χ0v) is 11.0. The molecule has 1 aliphatic rings. The van der Waals surface area contributed by atoms with Crippen molar-refractivity contribution in [2.24, 2.45) is 11.3 Å². The summed E-state index contributed by atoms with van der Waals surface area (Å²) in [5, 5.41) is 0. The third-order valence-corrected chi connectivity index (χ3v) is 2.94. The molecule has 15 heavy (non-hydrogen) atoms. The Hall–Kier alpha value is -0.720. The summed E-state index contributed by atoms with van der Waals surface area (Å²) in [7, 11) is 0. The largest absolute Gasteiger partial charge is 0.374 e. The van der Waals surface area contributed by atoms with Gasteiger partial charge in [0.15, 0.2) is 0 Å². The first-order valence-corrected chi connectivity index (χ1v) is 5.98. The fourth-order valence-corrected chi connectivity index (χ4v) is 1.96. The molecule has 0 radical (unpaired) electrons. The molecule has 0 saturated carbocycles. The maximum Gasteiger partial charge on any atom is 0.0261 e. The minimum atomic E-state index is 0.271. The lowest BCUT2D eigenvalue weighted by Crippen LogP contribution is -2.33. The molecule has 1 heteroatoms. The van der Waals surface area contributed by atoms with Crippen LogP contribution in [-0.2, 0) is 0 Å². The lowest BCUT2D eigenvalue weighted by atomic mass is 9.88. The van der Waals surface area contributed by atoms with Crippen LogP contribution in [0.25, 0.3) is 0 Å². The molecule has 0 aromatic carbocycles. The van der Waals surface area contributed by atoms with Gasteiger partial charge in [0.25, 0.3) is 0 Å². The van der Waals surface area contributed by atoms with Crippen LogP contribution in [0.5, 0.6) is 0 Å². The topological polar surface area (TPSA) is 3.24 Å². The maximum absolute atomic E-state index is 2.43. The van der Waals surface area contributed by atoms with E-state index < -0.39 is 0 Å². The molecule has 0 spiro atoms. The highest BCUT2D eigenvalue weighted by Gasteiger charge is 2.22. The average Bonchev–Trinajstić information content (AvgIpc) is 2.23. The van der Waals surface area contributed by atoms with Crippen LogP contribution in [0.1, 0.15) is 41.5 Å². The van der Waals surface area contributed by atoms with Gasteiger partial charge >= 0.3 is 0 Å². The van der Waals surface area contributed by atoms with Crippen molar-refractivity contribution in [2.45, 2.75) is 47.6 Å². The number of rotatable bonds is 2. The molecule has 0 saturated heterocycles. The Morgan fingerprint density at radius 3 is 2.27 bits per heavy atom. The van der Waals surface area contributed by atoms with Crippen LogP contribution < -0.4 is 0 Å². The van der Waals surface area contributed by atoms with Crippen molar-refractivity contribution in [1.82, 2.24) is 4.90 Å². The zero-order valence-electron chi connectivity index (χ0n) is 11.0. The molecule has 0 aromatic rings. The average molecular weight is 207 g/mol. The molecular formula is C14H25N. The van der Waals surface area contributed by atoms with Crippen molar-refractivity contribution in [3.8, 4) is 0 Å². The maximum atomic E-state index is 2.43. The molecule has 0 bridgehead atoms. The minimum absolute atomic E-state index is 0.271. The number of hydrogen-bond acceptors (Lipinski definition) is 1. The smallest absolute Gasteiger partial charge is 0.0261 e. The first-order chi connectivity index (χ1) is 6.82. The normalized spacial score (nSPS) is 20.8. The molecule has 1 aliphatic heterocycles. The highest BCUT2D eigenvalue weighted by Crippen LogP contribution is 2.28. The van der Waals surface area contributed by atoms with Gasteiger partial charge in [-0.2, -0.15) is 0 Å². The molecule has 86 valence electrons. The van der Waals surface area contributed by atoms with Crippen LogP contribution in [0.15, 0.2) is 23.9 Å². The Morgan fingerprint density at radius 2 is 1.80 bits per heavy atom. The Kier molecular flexibility index (Phi) is 3.64. The summed E-state index contributed by atoms with van der Waals surface area (Å²) in [6.45, 7) is 14.8. The van der Waals surface area contributed by atoms with Gasteiger partial charge in [0.05, 0.1) is 0 Å². The number of hydrogen-bond donors (Lipinski definition) is 0. The first kappa shape index (κ1) is 12.4. The standard InChI is InChI=1S/C14H25N/c1-11(2)13-7-8-15(12(3)4)10-14(5,6)9-13/h7-9,11-12H,10H2,1-6H3. The second-order valence-corrected chi connectivity index (χ2v) is 5.87. The van der Waals surface area contributed by atoms with E-state index in [0.29, 0.717) is 12.0 Å². The van der Waals surface area contributed by atoms with Crippen LogP contribution in [0.3, 0.4) is 0 Å². The molecule has 1 nitrogen and oxygen atoms in total. The number of allylic oxidation sites excluding steroid dienone is 2. The van der Waals surface area contributed by atoms with E-state index in [1.807, 2.05) is 0 Å². The van der Waals surface area contributed by atoms with E-state index in [-0.39, 0.29) is 5.41 Å². The van der Waals surface area contributed by atoms with Gasteiger partial charge in [-0.3, -0.25) is 0 Å². The summed E-state index contributed by atoms with van der Waals surface area (Å²) in [4.78, 5) is 2.42. The van der Waals surface area contributed by atoms with Gasteiger partial charge in [0.2, 0.25) is 0 Å². The lowest BCUT2D eigenvalue weighted by molar-refractivity contribution is 0.239. The second-order valence-electron chi connectivity index (χ2n) is 5.87. The fourth-order valence-electron chi connectivity index (χ4n) is 1.96. The molecule has 0 unspecified atom stereocenters. The molecule has 0 aromatic heterocycles. The van der Waals surface area contributed by atoms with Crippen LogP contribution in [0, 0.1) is 11.3 Å². The summed E-state index contributed by atoms with van der Waals surface area (Å²) in [5.74, 6) is 0.618. The van der Waals surface area contributed by atoms with Crippen molar-refractivity contribution in [1.29, 1.82) is 0 Å². The summed E-state index contributed by atoms with van der Waals surface area (Å²) >= 11 is 0. The van der Waals surface area contributed by atoms with Gasteiger partial charge in [-0.25, -0.2) is 0 Å². The van der Waals surface area contributed by atoms with Crippen LogP contribution in [0.2, 0.25) is 0 Å². The van der Waals surface area contributed by atoms with Gasteiger partial charge in [0.1, 0.15) is 0 Å². The molecule has 0 amide bonds. The first-order valence-electron chi connectivity index (χ1n) is 5.98. The fraction of sp³-hybridized carbons (Fsp3) is 0.714. The molecule has 1 heterocycles. The predicted octanol–water partition coefficient (Wildman–Crippen LogP) is 3.83. The third-order valence-electron chi connectivity index (χ3n) is 2.94. The SMILES string of the molecule is CC(C)C1=CC(C)(C)CN(C(C)C)C=C1. The monoisotopic (exact) mass is 207 g/mol. The molecule has 0 aliphatic carbocycles. The third kappa shape index (κ3) is 3.40. The van der Waals surface area contributed by atoms with E-state index in [1.165, 1.54) is 5.57 Å². The van der Waals surface area contributed by atoms with E-state index in [9.17, 15) is 0 Å². The van der Waals surface area contributed by atoms with Gasteiger partial charge in [-0.05, 0) is 37.6 Å². The van der Waals surface area contributed by atoms with Gasteiger partial charge in [-0.1, -0.05) is 33.8 Å². The Labute approximate surface area is 94.9 Å². The van der Waals surface area contributed by atoms with Crippen molar-refractivity contribution < 1.29 is 0 Å². The highest BCUT2D eigenvalue weighted by molar-refractivity contribution is 5.25. The summed E-state index contributed by atoms with van der Waals surface area (Å²) in [6.07, 6.45) is 6.96. The Balaban J connectivity index is 2.94. The van der Waals surface area contributed by atoms with E-state index in [2.05, 4.69) is 64.8 Å². The van der Waals surface area contributed by atoms with Gasteiger partial charge < -0.3 is 4.90 Å². The molecule has 0 N–H and O–H groups in total. The van der Waals surface area contributed by atoms with Crippen molar-refractivity contribution in [2.75, 3.05) is 6.54 Å². The van der Waals surface area contributed by atoms with Crippen LogP contribution in [-0.4, -0.2) is 17.5 Å².